The first-order chi connectivity index (χ1) is 14.7. The van der Waals surface area contributed by atoms with Crippen LogP contribution in [0, 0.1) is 11.8 Å². The molecule has 30 heavy (non-hydrogen) atoms. The summed E-state index contributed by atoms with van der Waals surface area (Å²) in [6.45, 7) is 0.478. The quantitative estimate of drug-likeness (QED) is 0.687. The molecule has 0 bridgehead atoms. The van der Waals surface area contributed by atoms with Crippen molar-refractivity contribution in [3.05, 3.63) is 47.2 Å². The van der Waals surface area contributed by atoms with E-state index in [1.807, 2.05) is 24.3 Å². The predicted octanol–water partition coefficient (Wildman–Crippen LogP) is 4.58. The minimum Gasteiger partial charge on any atom is -0.459 e. The SMILES string of the molecule is O=C(NC1CCCC1)C1=C[C@@H](C2CCCCC2)C[C@@H](OCc2ccc(CO)cc2)O1. The fourth-order valence-corrected chi connectivity index (χ4v) is 5.09. The van der Waals surface area contributed by atoms with Gasteiger partial charge < -0.3 is 19.9 Å². The van der Waals surface area contributed by atoms with Gasteiger partial charge in [-0.1, -0.05) is 56.4 Å². The van der Waals surface area contributed by atoms with Crippen LogP contribution in [0.1, 0.15) is 75.3 Å². The number of amides is 1. The van der Waals surface area contributed by atoms with Crippen molar-refractivity contribution >= 4 is 5.91 Å². The van der Waals surface area contributed by atoms with Crippen LogP contribution in [0.4, 0.5) is 0 Å². The summed E-state index contributed by atoms with van der Waals surface area (Å²) >= 11 is 0. The fraction of sp³-hybridized carbons (Fsp3) is 0.640. The lowest BCUT2D eigenvalue weighted by molar-refractivity contribution is -0.156. The summed E-state index contributed by atoms with van der Waals surface area (Å²) in [5.41, 5.74) is 1.93. The summed E-state index contributed by atoms with van der Waals surface area (Å²) in [6.07, 6.45) is 13.3. The summed E-state index contributed by atoms with van der Waals surface area (Å²) in [5.74, 6) is 1.32. The standard InChI is InChI=1S/C25H35NO4/c27-16-18-10-12-19(13-11-18)17-29-24-15-21(20-6-2-1-3-7-20)14-23(30-24)25(28)26-22-8-4-5-9-22/h10-14,20-22,24,27H,1-9,15-17H2,(H,26,28)/t21-,24+/m1/s1. The molecule has 0 aromatic heterocycles. The zero-order valence-electron chi connectivity index (χ0n) is 17.9. The van der Waals surface area contributed by atoms with Crippen molar-refractivity contribution in [3.63, 3.8) is 0 Å². The zero-order chi connectivity index (χ0) is 20.8. The van der Waals surface area contributed by atoms with Crippen LogP contribution in [-0.4, -0.2) is 23.3 Å². The first kappa shape index (κ1) is 21.4. The third-order valence-electron chi connectivity index (χ3n) is 6.90. The molecule has 2 atom stereocenters. The number of hydrogen-bond acceptors (Lipinski definition) is 4. The molecule has 0 spiro atoms. The van der Waals surface area contributed by atoms with E-state index in [-0.39, 0.29) is 18.6 Å². The lowest BCUT2D eigenvalue weighted by Gasteiger charge is -2.35. The Bertz CT molecular complexity index is 717. The van der Waals surface area contributed by atoms with Gasteiger partial charge in [-0.05, 0) is 54.7 Å². The average Bonchev–Trinajstić information content (AvgIpc) is 3.31. The van der Waals surface area contributed by atoms with Crippen molar-refractivity contribution in [2.45, 2.75) is 89.8 Å². The molecular formula is C25H35NO4. The maximum atomic E-state index is 12.9. The molecule has 4 rings (SSSR count). The Morgan fingerprint density at radius 2 is 1.67 bits per heavy atom. The van der Waals surface area contributed by atoms with Gasteiger partial charge in [0.15, 0.2) is 5.76 Å². The molecule has 0 radical (unpaired) electrons. The second kappa shape index (κ2) is 10.5. The summed E-state index contributed by atoms with van der Waals surface area (Å²) in [7, 11) is 0. The number of aliphatic hydroxyl groups is 1. The molecule has 3 aliphatic rings. The number of carbonyl (C=O) groups is 1. The fourth-order valence-electron chi connectivity index (χ4n) is 5.09. The van der Waals surface area contributed by atoms with Gasteiger partial charge in [0.05, 0.1) is 13.2 Å². The number of allylic oxidation sites excluding steroid dienone is 1. The van der Waals surface area contributed by atoms with Crippen molar-refractivity contribution in [2.24, 2.45) is 11.8 Å². The van der Waals surface area contributed by atoms with Gasteiger partial charge in [0, 0.05) is 12.5 Å². The number of hydrogen-bond donors (Lipinski definition) is 2. The van der Waals surface area contributed by atoms with Crippen LogP contribution in [0.2, 0.25) is 0 Å². The van der Waals surface area contributed by atoms with E-state index in [2.05, 4.69) is 11.4 Å². The Labute approximate surface area is 179 Å². The number of benzene rings is 1. The minimum atomic E-state index is -0.399. The molecule has 5 heteroatoms. The highest BCUT2D eigenvalue weighted by molar-refractivity contribution is 5.91. The lowest BCUT2D eigenvalue weighted by atomic mass is 9.77. The Morgan fingerprint density at radius 1 is 1.00 bits per heavy atom. The molecule has 2 fully saturated rings. The van der Waals surface area contributed by atoms with Crippen molar-refractivity contribution in [3.8, 4) is 0 Å². The number of carbonyl (C=O) groups excluding carboxylic acids is 1. The van der Waals surface area contributed by atoms with Crippen molar-refractivity contribution in [2.75, 3.05) is 0 Å². The van der Waals surface area contributed by atoms with Crippen LogP contribution in [0.25, 0.3) is 0 Å². The molecule has 1 aliphatic heterocycles. The summed E-state index contributed by atoms with van der Waals surface area (Å²) < 4.78 is 12.1. The number of ether oxygens (including phenoxy) is 2. The van der Waals surface area contributed by atoms with Gasteiger partial charge in [-0.3, -0.25) is 4.79 Å². The molecule has 2 saturated carbocycles. The van der Waals surface area contributed by atoms with Crippen molar-refractivity contribution in [1.29, 1.82) is 0 Å². The Hall–Kier alpha value is -1.85. The van der Waals surface area contributed by atoms with Crippen LogP contribution in [0.3, 0.4) is 0 Å². The molecule has 1 aromatic carbocycles. The van der Waals surface area contributed by atoms with E-state index in [1.54, 1.807) is 0 Å². The van der Waals surface area contributed by atoms with E-state index >= 15 is 0 Å². The summed E-state index contributed by atoms with van der Waals surface area (Å²) in [4.78, 5) is 12.9. The Kier molecular flexibility index (Phi) is 7.45. The topological polar surface area (TPSA) is 67.8 Å². The highest BCUT2D eigenvalue weighted by Gasteiger charge is 2.33. The highest BCUT2D eigenvalue weighted by Crippen LogP contribution is 2.37. The molecule has 1 heterocycles. The van der Waals surface area contributed by atoms with Crippen LogP contribution >= 0.6 is 0 Å². The van der Waals surface area contributed by atoms with Gasteiger partial charge in [0.1, 0.15) is 0 Å². The number of aliphatic hydroxyl groups excluding tert-OH is 1. The van der Waals surface area contributed by atoms with E-state index in [1.165, 1.54) is 44.9 Å². The molecule has 1 amide bonds. The van der Waals surface area contributed by atoms with E-state index in [9.17, 15) is 9.90 Å². The van der Waals surface area contributed by atoms with Gasteiger partial charge in [0.2, 0.25) is 6.29 Å². The number of rotatable bonds is 7. The Morgan fingerprint density at radius 3 is 2.37 bits per heavy atom. The van der Waals surface area contributed by atoms with Crippen molar-refractivity contribution < 1.29 is 19.4 Å². The first-order valence-corrected chi connectivity index (χ1v) is 11.7. The van der Waals surface area contributed by atoms with Crippen LogP contribution in [0.15, 0.2) is 36.1 Å². The molecular weight excluding hydrogens is 378 g/mol. The van der Waals surface area contributed by atoms with Gasteiger partial charge in [-0.2, -0.15) is 0 Å². The average molecular weight is 414 g/mol. The van der Waals surface area contributed by atoms with Gasteiger partial charge in [-0.25, -0.2) is 0 Å². The van der Waals surface area contributed by atoms with Crippen LogP contribution < -0.4 is 5.32 Å². The third kappa shape index (κ3) is 5.64. The second-order valence-corrected chi connectivity index (χ2v) is 9.12. The highest BCUT2D eigenvalue weighted by atomic mass is 16.7. The first-order valence-electron chi connectivity index (χ1n) is 11.7. The third-order valence-corrected chi connectivity index (χ3v) is 6.90. The predicted molar refractivity (Wildman–Crippen MR) is 115 cm³/mol. The largest absolute Gasteiger partial charge is 0.459 e. The summed E-state index contributed by atoms with van der Waals surface area (Å²) in [5, 5.41) is 12.4. The second-order valence-electron chi connectivity index (χ2n) is 9.12. The minimum absolute atomic E-state index is 0.0419. The van der Waals surface area contributed by atoms with Crippen LogP contribution in [-0.2, 0) is 27.5 Å². The maximum Gasteiger partial charge on any atom is 0.286 e. The molecule has 2 N–H and O–H groups in total. The molecule has 1 aromatic rings. The van der Waals surface area contributed by atoms with Crippen LogP contribution in [0.5, 0.6) is 0 Å². The van der Waals surface area contributed by atoms with E-state index in [0.717, 1.165) is 30.4 Å². The van der Waals surface area contributed by atoms with E-state index < -0.39 is 6.29 Å². The molecule has 164 valence electrons. The lowest BCUT2D eigenvalue weighted by Crippen LogP contribution is -2.38. The van der Waals surface area contributed by atoms with Crippen molar-refractivity contribution in [1.82, 2.24) is 5.32 Å². The van der Waals surface area contributed by atoms with Gasteiger partial charge >= 0.3 is 0 Å². The van der Waals surface area contributed by atoms with E-state index in [4.69, 9.17) is 9.47 Å². The Balaban J connectivity index is 1.41. The summed E-state index contributed by atoms with van der Waals surface area (Å²) in [6, 6.07) is 8.03. The maximum absolute atomic E-state index is 12.9. The smallest absolute Gasteiger partial charge is 0.286 e. The van der Waals surface area contributed by atoms with Gasteiger partial charge in [0.25, 0.3) is 5.91 Å². The molecule has 5 nitrogen and oxygen atoms in total. The zero-order valence-corrected chi connectivity index (χ0v) is 17.9. The van der Waals surface area contributed by atoms with E-state index in [0.29, 0.717) is 24.2 Å². The molecule has 0 saturated heterocycles. The molecule has 0 unspecified atom stereocenters. The number of nitrogens with one attached hydrogen (secondary N) is 1. The molecule has 2 aliphatic carbocycles. The van der Waals surface area contributed by atoms with Gasteiger partial charge in [-0.15, -0.1) is 0 Å². The monoisotopic (exact) mass is 413 g/mol. The normalized spacial score (nSPS) is 25.6.